The number of fused-ring (bicyclic) bond motifs is 1. The summed E-state index contributed by atoms with van der Waals surface area (Å²) >= 11 is 1.72. The molecule has 3 aromatic rings. The Labute approximate surface area is 109 Å². The normalized spacial score (nSPS) is 13.1. The van der Waals surface area contributed by atoms with Crippen molar-refractivity contribution in [3.8, 4) is 5.00 Å². The predicted molar refractivity (Wildman–Crippen MR) is 74.3 cm³/mol. The van der Waals surface area contributed by atoms with Gasteiger partial charge in [-0.25, -0.2) is 4.68 Å². The highest BCUT2D eigenvalue weighted by Gasteiger charge is 2.08. The number of hydrogen-bond donors (Lipinski definition) is 1. The molecule has 92 valence electrons. The summed E-state index contributed by atoms with van der Waals surface area (Å²) in [5.74, 6) is 0. The lowest BCUT2D eigenvalue weighted by Gasteiger charge is -2.05. The molecule has 0 aliphatic carbocycles. The molecule has 0 saturated heterocycles. The number of aliphatic hydroxyl groups excluding tert-OH is 1. The Morgan fingerprint density at radius 1 is 1.28 bits per heavy atom. The van der Waals surface area contributed by atoms with Crippen LogP contribution >= 0.6 is 11.3 Å². The number of aliphatic hydroxyl groups is 1. The van der Waals surface area contributed by atoms with Crippen LogP contribution in [0.25, 0.3) is 15.9 Å². The number of benzene rings is 1. The van der Waals surface area contributed by atoms with Gasteiger partial charge in [0.1, 0.15) is 5.00 Å². The van der Waals surface area contributed by atoms with Crippen LogP contribution in [0.2, 0.25) is 0 Å². The summed E-state index contributed by atoms with van der Waals surface area (Å²) in [6, 6.07) is 10.1. The first-order chi connectivity index (χ1) is 8.65. The molecular formula is C14H14N2OS. The van der Waals surface area contributed by atoms with E-state index in [0.717, 1.165) is 21.5 Å². The molecule has 0 radical (unpaired) electrons. The number of thiophene rings is 1. The van der Waals surface area contributed by atoms with Crippen molar-refractivity contribution in [3.05, 3.63) is 47.0 Å². The first-order valence-corrected chi connectivity index (χ1v) is 6.69. The quantitative estimate of drug-likeness (QED) is 0.764. The van der Waals surface area contributed by atoms with Crippen LogP contribution in [0.15, 0.2) is 36.5 Å². The monoisotopic (exact) mass is 258 g/mol. The summed E-state index contributed by atoms with van der Waals surface area (Å²) in [5, 5.41) is 16.2. The Kier molecular flexibility index (Phi) is 2.69. The summed E-state index contributed by atoms with van der Waals surface area (Å²) in [7, 11) is 0. The third-order valence-corrected chi connectivity index (χ3v) is 3.99. The van der Waals surface area contributed by atoms with Crippen molar-refractivity contribution in [1.82, 2.24) is 9.78 Å². The molecule has 2 aromatic heterocycles. The fourth-order valence-electron chi connectivity index (χ4n) is 2.02. The molecule has 18 heavy (non-hydrogen) atoms. The lowest BCUT2D eigenvalue weighted by Crippen LogP contribution is -1.93. The van der Waals surface area contributed by atoms with E-state index in [9.17, 15) is 5.11 Å². The van der Waals surface area contributed by atoms with E-state index >= 15 is 0 Å². The molecule has 1 N–H and O–H groups in total. The van der Waals surface area contributed by atoms with Gasteiger partial charge in [0.05, 0.1) is 17.8 Å². The van der Waals surface area contributed by atoms with Crippen LogP contribution in [-0.2, 0) is 0 Å². The second-order valence-electron chi connectivity index (χ2n) is 4.43. The zero-order valence-corrected chi connectivity index (χ0v) is 11.1. The van der Waals surface area contributed by atoms with Crippen molar-refractivity contribution in [2.45, 2.75) is 20.0 Å². The number of nitrogens with zero attached hydrogens (tertiary/aromatic N) is 2. The van der Waals surface area contributed by atoms with Gasteiger partial charge in [-0.1, -0.05) is 6.07 Å². The maximum Gasteiger partial charge on any atom is 0.118 e. The van der Waals surface area contributed by atoms with E-state index in [0.29, 0.717) is 0 Å². The van der Waals surface area contributed by atoms with Crippen LogP contribution in [0.1, 0.15) is 23.5 Å². The molecule has 0 aliphatic rings. The number of aromatic nitrogens is 2. The second kappa shape index (κ2) is 4.23. The van der Waals surface area contributed by atoms with E-state index in [2.05, 4.69) is 24.2 Å². The maximum absolute atomic E-state index is 9.59. The first-order valence-electron chi connectivity index (χ1n) is 5.88. The highest BCUT2D eigenvalue weighted by Crippen LogP contribution is 2.26. The van der Waals surface area contributed by atoms with E-state index in [-0.39, 0.29) is 0 Å². The molecule has 3 nitrogen and oxygen atoms in total. The van der Waals surface area contributed by atoms with Crippen LogP contribution in [0.4, 0.5) is 0 Å². The first kappa shape index (κ1) is 11.4. The second-order valence-corrected chi connectivity index (χ2v) is 5.70. The SMILES string of the molecule is Cc1ccc(-n2ncc3cc(C(C)O)ccc32)s1. The van der Waals surface area contributed by atoms with Gasteiger partial charge in [-0.3, -0.25) is 0 Å². The minimum Gasteiger partial charge on any atom is -0.389 e. The zero-order chi connectivity index (χ0) is 12.7. The molecule has 1 aromatic carbocycles. The van der Waals surface area contributed by atoms with Crippen LogP contribution in [0.3, 0.4) is 0 Å². The molecule has 4 heteroatoms. The van der Waals surface area contributed by atoms with Gasteiger partial charge in [-0.05, 0) is 43.7 Å². The third-order valence-electron chi connectivity index (χ3n) is 3.01. The molecule has 2 heterocycles. The summed E-state index contributed by atoms with van der Waals surface area (Å²) in [5.41, 5.74) is 1.99. The highest BCUT2D eigenvalue weighted by molar-refractivity contribution is 7.14. The van der Waals surface area contributed by atoms with E-state index < -0.39 is 6.10 Å². The average Bonchev–Trinajstić information content (AvgIpc) is 2.93. The van der Waals surface area contributed by atoms with Crippen molar-refractivity contribution >= 4 is 22.2 Å². The summed E-state index contributed by atoms with van der Waals surface area (Å²) in [6.45, 7) is 3.86. The molecule has 0 bridgehead atoms. The molecular weight excluding hydrogens is 244 g/mol. The van der Waals surface area contributed by atoms with Crippen LogP contribution in [0, 0.1) is 6.92 Å². The van der Waals surface area contributed by atoms with E-state index in [1.807, 2.05) is 29.1 Å². The summed E-state index contributed by atoms with van der Waals surface area (Å²) in [4.78, 5) is 1.27. The van der Waals surface area contributed by atoms with E-state index in [1.54, 1.807) is 18.3 Å². The van der Waals surface area contributed by atoms with Crippen molar-refractivity contribution in [2.24, 2.45) is 0 Å². The topological polar surface area (TPSA) is 38.0 Å². The predicted octanol–water partition coefficient (Wildman–Crippen LogP) is 3.45. The number of aryl methyl sites for hydroxylation is 1. The van der Waals surface area contributed by atoms with E-state index in [1.165, 1.54) is 4.88 Å². The standard InChI is InChI=1S/C14H14N2OS/c1-9-3-6-14(18-9)16-13-5-4-11(10(2)17)7-12(13)8-15-16/h3-8,10,17H,1-2H3. The lowest BCUT2D eigenvalue weighted by atomic mass is 10.1. The zero-order valence-electron chi connectivity index (χ0n) is 10.3. The molecule has 0 saturated carbocycles. The number of rotatable bonds is 2. The van der Waals surface area contributed by atoms with Crippen LogP contribution in [-0.4, -0.2) is 14.9 Å². The van der Waals surface area contributed by atoms with Crippen molar-refractivity contribution in [3.63, 3.8) is 0 Å². The van der Waals surface area contributed by atoms with Gasteiger partial charge in [0.15, 0.2) is 0 Å². The van der Waals surface area contributed by atoms with Crippen molar-refractivity contribution < 1.29 is 5.11 Å². The van der Waals surface area contributed by atoms with Gasteiger partial charge in [0.25, 0.3) is 0 Å². The summed E-state index contributed by atoms with van der Waals surface area (Å²) in [6.07, 6.45) is 1.40. The Morgan fingerprint density at radius 3 is 2.78 bits per heavy atom. The lowest BCUT2D eigenvalue weighted by molar-refractivity contribution is 0.199. The van der Waals surface area contributed by atoms with Gasteiger partial charge in [0.2, 0.25) is 0 Å². The number of hydrogen-bond acceptors (Lipinski definition) is 3. The minimum absolute atomic E-state index is 0.443. The van der Waals surface area contributed by atoms with Crippen LogP contribution < -0.4 is 0 Å². The van der Waals surface area contributed by atoms with Gasteiger partial charge >= 0.3 is 0 Å². The molecule has 1 atom stereocenters. The Hall–Kier alpha value is -1.65. The Balaban J connectivity index is 2.15. The Bertz CT molecular complexity index is 697. The van der Waals surface area contributed by atoms with Gasteiger partial charge in [0, 0.05) is 10.3 Å². The van der Waals surface area contributed by atoms with Crippen molar-refractivity contribution in [1.29, 1.82) is 0 Å². The minimum atomic E-state index is -0.443. The largest absolute Gasteiger partial charge is 0.389 e. The molecule has 0 amide bonds. The average molecular weight is 258 g/mol. The smallest absolute Gasteiger partial charge is 0.118 e. The highest BCUT2D eigenvalue weighted by atomic mass is 32.1. The summed E-state index contributed by atoms with van der Waals surface area (Å²) < 4.78 is 1.94. The third kappa shape index (κ3) is 1.83. The van der Waals surface area contributed by atoms with E-state index in [4.69, 9.17) is 0 Å². The Morgan fingerprint density at radius 2 is 2.11 bits per heavy atom. The molecule has 3 rings (SSSR count). The van der Waals surface area contributed by atoms with Gasteiger partial charge in [-0.15, -0.1) is 11.3 Å². The molecule has 1 unspecified atom stereocenters. The maximum atomic E-state index is 9.59. The van der Waals surface area contributed by atoms with Gasteiger partial charge < -0.3 is 5.11 Å². The fraction of sp³-hybridized carbons (Fsp3) is 0.214. The van der Waals surface area contributed by atoms with Crippen LogP contribution in [0.5, 0.6) is 0 Å². The molecule has 0 spiro atoms. The fourth-order valence-corrected chi connectivity index (χ4v) is 2.86. The van der Waals surface area contributed by atoms with Gasteiger partial charge in [-0.2, -0.15) is 5.10 Å². The molecule has 0 fully saturated rings. The molecule has 0 aliphatic heterocycles. The van der Waals surface area contributed by atoms with Crippen molar-refractivity contribution in [2.75, 3.05) is 0 Å².